The van der Waals surface area contributed by atoms with Gasteiger partial charge in [-0.15, -0.1) is 0 Å². The van der Waals surface area contributed by atoms with Crippen LogP contribution in [0.1, 0.15) is 43.4 Å². The number of nitrogens with one attached hydrogen (secondary N) is 2. The summed E-state index contributed by atoms with van der Waals surface area (Å²) in [5.74, 6) is -1.27. The van der Waals surface area contributed by atoms with Gasteiger partial charge in [-0.2, -0.15) is 0 Å². The number of rotatable bonds is 9. The molecule has 1 aliphatic rings. The molecule has 1 fully saturated rings. The molecular formula is C25H33F2N3O2. The van der Waals surface area contributed by atoms with Gasteiger partial charge < -0.3 is 20.6 Å². The predicted octanol–water partition coefficient (Wildman–Crippen LogP) is 2.93. The largest absolute Gasteiger partial charge is 0.390 e. The average Bonchev–Trinajstić information content (AvgIpc) is 2.68. The maximum Gasteiger partial charge on any atom is 0.217 e. The highest BCUT2D eigenvalue weighted by Gasteiger charge is 2.43. The summed E-state index contributed by atoms with van der Waals surface area (Å²) >= 11 is 0. The third-order valence-corrected chi connectivity index (χ3v) is 6.07. The van der Waals surface area contributed by atoms with Crippen LogP contribution in [0.4, 0.5) is 8.78 Å². The number of halogens is 2. The topological polar surface area (TPSA) is 64.6 Å². The summed E-state index contributed by atoms with van der Waals surface area (Å²) < 4.78 is 27.2. The number of nitrogens with zero attached hydrogens (tertiary/aromatic N) is 1. The van der Waals surface area contributed by atoms with Crippen LogP contribution in [0.2, 0.25) is 0 Å². The summed E-state index contributed by atoms with van der Waals surface area (Å²) in [6.07, 6.45) is -0.825. The lowest BCUT2D eigenvalue weighted by Gasteiger charge is -2.50. The highest BCUT2D eigenvalue weighted by atomic mass is 19.1. The Bertz CT molecular complexity index is 924. The van der Waals surface area contributed by atoms with E-state index in [9.17, 15) is 18.7 Å². The quantitative estimate of drug-likeness (QED) is 0.555. The molecule has 0 aliphatic carbocycles. The number of hydrogen-bond donors (Lipinski definition) is 3. The summed E-state index contributed by atoms with van der Waals surface area (Å²) in [5, 5.41) is 17.2. The zero-order valence-corrected chi connectivity index (χ0v) is 19.2. The van der Waals surface area contributed by atoms with Crippen LogP contribution in [0.5, 0.6) is 0 Å². The number of amides is 1. The molecule has 3 rings (SSSR count). The van der Waals surface area contributed by atoms with Gasteiger partial charge in [0, 0.05) is 32.6 Å². The highest BCUT2D eigenvalue weighted by Crippen LogP contribution is 2.32. The van der Waals surface area contributed by atoms with Crippen LogP contribution < -0.4 is 10.6 Å². The Morgan fingerprint density at radius 2 is 1.81 bits per heavy atom. The zero-order chi connectivity index (χ0) is 23.5. The average molecular weight is 446 g/mol. The van der Waals surface area contributed by atoms with E-state index in [0.29, 0.717) is 11.5 Å². The number of likely N-dealkylation sites (tertiary alicyclic amines) is 1. The molecule has 0 aromatic heterocycles. The van der Waals surface area contributed by atoms with Gasteiger partial charge in [0.2, 0.25) is 5.91 Å². The zero-order valence-electron chi connectivity index (χ0n) is 19.2. The maximum atomic E-state index is 13.6. The van der Waals surface area contributed by atoms with E-state index in [-0.39, 0.29) is 24.4 Å². The Balaban J connectivity index is 1.75. The van der Waals surface area contributed by atoms with Gasteiger partial charge in [-0.1, -0.05) is 38.1 Å². The summed E-state index contributed by atoms with van der Waals surface area (Å²) in [6, 6.07) is 11.0. The standard InChI is InChI=1S/C25H33F2N3O2/c1-16(2)19-6-5-7-20(11-19)25(14-30(4)15-25)28-13-24(32)23(29-17(3)31)10-18-8-21(26)12-22(27)9-18/h5-9,11-12,16,23-24,28,32H,10,13-15H2,1-4H3,(H,29,31)/t23-,24+/m0/s1. The van der Waals surface area contributed by atoms with Gasteiger partial charge in [-0.05, 0) is 48.2 Å². The molecule has 1 amide bonds. The van der Waals surface area contributed by atoms with Gasteiger partial charge in [0.05, 0.1) is 17.7 Å². The van der Waals surface area contributed by atoms with Crippen molar-refractivity contribution in [2.24, 2.45) is 0 Å². The van der Waals surface area contributed by atoms with Gasteiger partial charge in [0.15, 0.2) is 0 Å². The van der Waals surface area contributed by atoms with Crippen molar-refractivity contribution in [1.82, 2.24) is 15.5 Å². The summed E-state index contributed by atoms with van der Waals surface area (Å²) in [7, 11) is 2.04. The summed E-state index contributed by atoms with van der Waals surface area (Å²) in [5.41, 5.74) is 2.50. The molecule has 1 saturated heterocycles. The number of likely N-dealkylation sites (N-methyl/N-ethyl adjacent to an activating group) is 1. The minimum Gasteiger partial charge on any atom is -0.390 e. The lowest BCUT2D eigenvalue weighted by molar-refractivity contribution is -0.120. The van der Waals surface area contributed by atoms with Crippen LogP contribution in [0.25, 0.3) is 0 Å². The smallest absolute Gasteiger partial charge is 0.217 e. The molecule has 2 atom stereocenters. The number of carbonyl (C=O) groups is 1. The fourth-order valence-corrected chi connectivity index (χ4v) is 4.44. The van der Waals surface area contributed by atoms with Crippen molar-refractivity contribution in [3.63, 3.8) is 0 Å². The molecule has 0 radical (unpaired) electrons. The SMILES string of the molecule is CC(=O)N[C@@H](Cc1cc(F)cc(F)c1)[C@H](O)CNC1(c2cccc(C(C)C)c2)CN(C)C1. The third kappa shape index (κ3) is 5.91. The minimum absolute atomic E-state index is 0.118. The normalized spacial score (nSPS) is 17.6. The first-order valence-corrected chi connectivity index (χ1v) is 11.0. The molecule has 2 aromatic rings. The van der Waals surface area contributed by atoms with Gasteiger partial charge in [-0.25, -0.2) is 8.78 Å². The first-order chi connectivity index (χ1) is 15.1. The van der Waals surface area contributed by atoms with Crippen molar-refractivity contribution in [1.29, 1.82) is 0 Å². The molecule has 1 aliphatic heterocycles. The molecule has 174 valence electrons. The van der Waals surface area contributed by atoms with Crippen molar-refractivity contribution in [3.8, 4) is 0 Å². The van der Waals surface area contributed by atoms with Crippen molar-refractivity contribution < 1.29 is 18.7 Å². The van der Waals surface area contributed by atoms with Crippen LogP contribution in [0.3, 0.4) is 0 Å². The summed E-state index contributed by atoms with van der Waals surface area (Å²) in [6.45, 7) is 7.48. The van der Waals surface area contributed by atoms with Crippen molar-refractivity contribution in [3.05, 3.63) is 70.8 Å². The van der Waals surface area contributed by atoms with Crippen molar-refractivity contribution >= 4 is 5.91 Å². The fraction of sp³-hybridized carbons (Fsp3) is 0.480. The molecule has 7 heteroatoms. The molecule has 5 nitrogen and oxygen atoms in total. The van der Waals surface area contributed by atoms with Gasteiger partial charge in [0.1, 0.15) is 11.6 Å². The second kappa shape index (κ2) is 10.1. The van der Waals surface area contributed by atoms with Crippen LogP contribution >= 0.6 is 0 Å². The Hall–Kier alpha value is -2.35. The van der Waals surface area contributed by atoms with Gasteiger partial charge in [0.25, 0.3) is 0 Å². The first kappa shape index (κ1) is 24.3. The second-order valence-electron chi connectivity index (χ2n) is 9.27. The predicted molar refractivity (Wildman–Crippen MR) is 121 cm³/mol. The van der Waals surface area contributed by atoms with E-state index < -0.39 is 23.8 Å². The molecule has 2 aromatic carbocycles. The van der Waals surface area contributed by atoms with E-state index in [1.54, 1.807) is 0 Å². The van der Waals surface area contributed by atoms with Crippen molar-refractivity contribution in [2.75, 3.05) is 26.7 Å². The second-order valence-corrected chi connectivity index (χ2v) is 9.27. The molecule has 3 N–H and O–H groups in total. The first-order valence-electron chi connectivity index (χ1n) is 11.0. The van der Waals surface area contributed by atoms with Crippen molar-refractivity contribution in [2.45, 2.75) is 50.8 Å². The maximum absolute atomic E-state index is 13.6. The van der Waals surface area contributed by atoms with E-state index in [1.807, 2.05) is 7.05 Å². The Kier molecular flexibility index (Phi) is 7.64. The molecule has 0 saturated carbocycles. The monoisotopic (exact) mass is 445 g/mol. The number of aliphatic hydroxyl groups is 1. The fourth-order valence-electron chi connectivity index (χ4n) is 4.44. The van der Waals surface area contributed by atoms with E-state index in [4.69, 9.17) is 0 Å². The lowest BCUT2D eigenvalue weighted by Crippen LogP contribution is -2.67. The van der Waals surface area contributed by atoms with E-state index in [2.05, 4.69) is 53.6 Å². The Morgan fingerprint density at radius 1 is 1.16 bits per heavy atom. The highest BCUT2D eigenvalue weighted by molar-refractivity contribution is 5.73. The molecule has 0 spiro atoms. The van der Waals surface area contributed by atoms with E-state index in [0.717, 1.165) is 24.7 Å². The number of carbonyl (C=O) groups excluding carboxylic acids is 1. The Morgan fingerprint density at radius 3 is 2.38 bits per heavy atom. The molecule has 0 unspecified atom stereocenters. The van der Waals surface area contributed by atoms with Gasteiger partial charge >= 0.3 is 0 Å². The molecule has 1 heterocycles. The van der Waals surface area contributed by atoms with E-state index in [1.165, 1.54) is 24.6 Å². The molecule has 32 heavy (non-hydrogen) atoms. The lowest BCUT2D eigenvalue weighted by atomic mass is 9.81. The third-order valence-electron chi connectivity index (χ3n) is 6.07. The van der Waals surface area contributed by atoms with E-state index >= 15 is 0 Å². The number of hydrogen-bond acceptors (Lipinski definition) is 4. The summed E-state index contributed by atoms with van der Waals surface area (Å²) in [4.78, 5) is 13.9. The van der Waals surface area contributed by atoms with Crippen LogP contribution in [0.15, 0.2) is 42.5 Å². The van der Waals surface area contributed by atoms with Crippen LogP contribution in [-0.4, -0.2) is 54.7 Å². The molecular weight excluding hydrogens is 412 g/mol. The van der Waals surface area contributed by atoms with Crippen LogP contribution in [0, 0.1) is 11.6 Å². The Labute approximate surface area is 188 Å². The molecule has 0 bridgehead atoms. The number of benzene rings is 2. The minimum atomic E-state index is -0.943. The number of aliphatic hydroxyl groups excluding tert-OH is 1. The van der Waals surface area contributed by atoms with Crippen LogP contribution in [-0.2, 0) is 16.8 Å². The van der Waals surface area contributed by atoms with Gasteiger partial charge in [-0.3, -0.25) is 4.79 Å².